The van der Waals surface area contributed by atoms with Crippen LogP contribution in [0.4, 0.5) is 0 Å². The van der Waals surface area contributed by atoms with E-state index in [1.165, 1.54) is 5.56 Å². The van der Waals surface area contributed by atoms with Crippen molar-refractivity contribution >= 4 is 0 Å². The summed E-state index contributed by atoms with van der Waals surface area (Å²) in [7, 11) is 2.18. The first kappa shape index (κ1) is 15.3. The van der Waals surface area contributed by atoms with Crippen LogP contribution < -0.4 is 5.73 Å². The minimum absolute atomic E-state index is 0.0803. The second-order valence-electron chi connectivity index (χ2n) is 6.24. The van der Waals surface area contributed by atoms with Crippen LogP contribution in [0.5, 0.6) is 0 Å². The normalized spacial score (nSPS) is 21.9. The van der Waals surface area contributed by atoms with Crippen LogP contribution in [0.3, 0.4) is 0 Å². The van der Waals surface area contributed by atoms with Crippen molar-refractivity contribution in [1.29, 1.82) is 0 Å². The van der Waals surface area contributed by atoms with Gasteiger partial charge in [0.15, 0.2) is 0 Å². The molecule has 1 fully saturated rings. The Morgan fingerprint density at radius 1 is 1.18 bits per heavy atom. The summed E-state index contributed by atoms with van der Waals surface area (Å²) >= 11 is 0. The van der Waals surface area contributed by atoms with Crippen molar-refractivity contribution in [3.63, 3.8) is 0 Å². The van der Waals surface area contributed by atoms with Gasteiger partial charge < -0.3 is 15.1 Å². The highest BCUT2D eigenvalue weighted by molar-refractivity contribution is 5.20. The lowest BCUT2D eigenvalue weighted by Crippen LogP contribution is -2.48. The number of likely N-dealkylation sites (N-methyl/N-ethyl adjacent to an activating group) is 1. The molecule has 2 atom stereocenters. The second kappa shape index (κ2) is 6.65. The van der Waals surface area contributed by atoms with Crippen LogP contribution in [-0.2, 0) is 0 Å². The molecule has 0 radical (unpaired) electrons. The van der Waals surface area contributed by atoms with Crippen molar-refractivity contribution in [2.45, 2.75) is 19.0 Å². The summed E-state index contributed by atoms with van der Waals surface area (Å²) in [5, 5.41) is 0. The van der Waals surface area contributed by atoms with Crippen LogP contribution in [-0.4, -0.2) is 43.0 Å². The van der Waals surface area contributed by atoms with E-state index in [9.17, 15) is 0 Å². The van der Waals surface area contributed by atoms with Gasteiger partial charge in [0.05, 0.1) is 6.04 Å². The van der Waals surface area contributed by atoms with Crippen LogP contribution >= 0.6 is 0 Å². The first-order valence-corrected chi connectivity index (χ1v) is 7.93. The number of hydrogen-bond acceptors (Lipinski definition) is 4. The molecule has 2 N–H and O–H groups in total. The van der Waals surface area contributed by atoms with Crippen molar-refractivity contribution in [3.05, 3.63) is 59.5 Å². The first-order valence-electron chi connectivity index (χ1n) is 7.93. The van der Waals surface area contributed by atoms with Gasteiger partial charge >= 0.3 is 0 Å². The van der Waals surface area contributed by atoms with E-state index in [2.05, 4.69) is 47.2 Å². The maximum atomic E-state index is 6.37. The molecule has 2 aromatic rings. The van der Waals surface area contributed by atoms with E-state index in [4.69, 9.17) is 10.2 Å². The number of benzene rings is 1. The molecular formula is C18H25N3O. The van der Waals surface area contributed by atoms with E-state index < -0.39 is 0 Å². The molecule has 1 aliphatic rings. The summed E-state index contributed by atoms with van der Waals surface area (Å²) in [6.07, 6.45) is 0. The van der Waals surface area contributed by atoms with Crippen molar-refractivity contribution in [3.8, 4) is 0 Å². The number of nitrogens with two attached hydrogens (primary N) is 1. The molecular weight excluding hydrogens is 274 g/mol. The summed E-state index contributed by atoms with van der Waals surface area (Å²) in [5.74, 6) is 1.80. The van der Waals surface area contributed by atoms with Gasteiger partial charge in [0.1, 0.15) is 11.5 Å². The Morgan fingerprint density at radius 3 is 2.64 bits per heavy atom. The third kappa shape index (κ3) is 3.40. The Hall–Kier alpha value is -1.62. The molecule has 22 heavy (non-hydrogen) atoms. The predicted octanol–water partition coefficient (Wildman–Crippen LogP) is 2.58. The van der Waals surface area contributed by atoms with Crippen LogP contribution in [0, 0.1) is 6.92 Å². The minimum Gasteiger partial charge on any atom is -0.465 e. The molecule has 2 unspecified atom stereocenters. The molecule has 0 aliphatic carbocycles. The molecule has 1 saturated heterocycles. The maximum absolute atomic E-state index is 6.37. The Labute approximate surface area is 132 Å². The number of hydrogen-bond donors (Lipinski definition) is 1. The highest BCUT2D eigenvalue weighted by Gasteiger charge is 2.28. The van der Waals surface area contributed by atoms with E-state index >= 15 is 0 Å². The Bertz CT molecular complexity index is 595. The highest BCUT2D eigenvalue weighted by atomic mass is 16.3. The number of piperazine rings is 1. The lowest BCUT2D eigenvalue weighted by atomic mass is 10.0. The fourth-order valence-corrected chi connectivity index (χ4v) is 3.16. The van der Waals surface area contributed by atoms with Crippen molar-refractivity contribution in [2.24, 2.45) is 5.73 Å². The fraction of sp³-hybridized carbons (Fsp3) is 0.444. The lowest BCUT2D eigenvalue weighted by molar-refractivity contribution is 0.0821. The topological polar surface area (TPSA) is 45.6 Å². The number of nitrogens with zero attached hydrogens (tertiary/aromatic N) is 2. The monoisotopic (exact) mass is 299 g/mol. The molecule has 3 rings (SSSR count). The van der Waals surface area contributed by atoms with Crippen molar-refractivity contribution in [1.82, 2.24) is 9.80 Å². The molecule has 0 bridgehead atoms. The van der Waals surface area contributed by atoms with Crippen LogP contribution in [0.2, 0.25) is 0 Å². The molecule has 1 aromatic carbocycles. The predicted molar refractivity (Wildman–Crippen MR) is 88.6 cm³/mol. The Balaban J connectivity index is 1.75. The van der Waals surface area contributed by atoms with Crippen molar-refractivity contribution < 1.29 is 4.42 Å². The zero-order valence-corrected chi connectivity index (χ0v) is 13.4. The average Bonchev–Trinajstić information content (AvgIpc) is 2.96. The summed E-state index contributed by atoms with van der Waals surface area (Å²) in [6.45, 7) is 5.92. The van der Waals surface area contributed by atoms with E-state index in [1.54, 1.807) is 0 Å². The third-order valence-electron chi connectivity index (χ3n) is 4.44. The standard InChI is InChI=1S/C18H25N3O/c1-14-8-9-18(22-14)16(19)12-21-11-10-20(2)13-17(21)15-6-4-3-5-7-15/h3-9,16-17H,10-13,19H2,1-2H3. The zero-order valence-electron chi connectivity index (χ0n) is 13.4. The molecule has 0 saturated carbocycles. The number of aryl methyl sites for hydroxylation is 1. The van der Waals surface area contributed by atoms with E-state index in [-0.39, 0.29) is 6.04 Å². The second-order valence-corrected chi connectivity index (χ2v) is 6.24. The van der Waals surface area contributed by atoms with Crippen molar-refractivity contribution in [2.75, 3.05) is 33.2 Å². The summed E-state index contributed by atoms with van der Waals surface area (Å²) < 4.78 is 5.69. The van der Waals surface area contributed by atoms with E-state index in [0.717, 1.165) is 37.7 Å². The molecule has 1 aliphatic heterocycles. The highest BCUT2D eigenvalue weighted by Crippen LogP contribution is 2.27. The molecule has 4 heteroatoms. The number of rotatable bonds is 4. The molecule has 0 amide bonds. The summed E-state index contributed by atoms with van der Waals surface area (Å²) in [4.78, 5) is 4.87. The van der Waals surface area contributed by atoms with Gasteiger partial charge in [0, 0.05) is 32.2 Å². The number of furan rings is 1. The lowest BCUT2D eigenvalue weighted by Gasteiger charge is -2.41. The summed E-state index contributed by atoms with van der Waals surface area (Å²) in [6, 6.07) is 15.0. The van der Waals surface area contributed by atoms with Gasteiger partial charge in [-0.05, 0) is 31.7 Å². The Kier molecular flexibility index (Phi) is 4.62. The van der Waals surface area contributed by atoms with Gasteiger partial charge in [-0.25, -0.2) is 0 Å². The van der Waals surface area contributed by atoms with Gasteiger partial charge in [-0.2, -0.15) is 0 Å². The Morgan fingerprint density at radius 2 is 1.95 bits per heavy atom. The van der Waals surface area contributed by atoms with Gasteiger partial charge in [-0.3, -0.25) is 4.90 Å². The van der Waals surface area contributed by atoms with E-state index in [0.29, 0.717) is 6.04 Å². The van der Waals surface area contributed by atoms with Gasteiger partial charge in [-0.15, -0.1) is 0 Å². The van der Waals surface area contributed by atoms with Crippen LogP contribution in [0.1, 0.15) is 29.2 Å². The smallest absolute Gasteiger partial charge is 0.122 e. The summed E-state index contributed by atoms with van der Waals surface area (Å²) in [5.41, 5.74) is 7.72. The van der Waals surface area contributed by atoms with Crippen LogP contribution in [0.25, 0.3) is 0 Å². The average molecular weight is 299 g/mol. The zero-order chi connectivity index (χ0) is 15.5. The van der Waals surface area contributed by atoms with Gasteiger partial charge in [-0.1, -0.05) is 30.3 Å². The largest absolute Gasteiger partial charge is 0.465 e. The molecule has 1 aromatic heterocycles. The minimum atomic E-state index is -0.0803. The maximum Gasteiger partial charge on any atom is 0.122 e. The van der Waals surface area contributed by atoms with Gasteiger partial charge in [0.2, 0.25) is 0 Å². The third-order valence-corrected chi connectivity index (χ3v) is 4.44. The van der Waals surface area contributed by atoms with Crippen LogP contribution in [0.15, 0.2) is 46.9 Å². The molecule has 2 heterocycles. The van der Waals surface area contributed by atoms with Gasteiger partial charge in [0.25, 0.3) is 0 Å². The quantitative estimate of drug-likeness (QED) is 0.942. The molecule has 118 valence electrons. The fourth-order valence-electron chi connectivity index (χ4n) is 3.16. The SMILES string of the molecule is Cc1ccc(C(N)CN2CCN(C)CC2c2ccccc2)o1. The van der Waals surface area contributed by atoms with E-state index in [1.807, 2.05) is 19.1 Å². The molecule has 0 spiro atoms. The molecule has 4 nitrogen and oxygen atoms in total. The first-order chi connectivity index (χ1) is 10.6.